The van der Waals surface area contributed by atoms with Crippen LogP contribution in [0.1, 0.15) is 29.7 Å². The van der Waals surface area contributed by atoms with E-state index in [9.17, 15) is 9.18 Å². The molecule has 5 nitrogen and oxygen atoms in total. The van der Waals surface area contributed by atoms with Crippen LogP contribution in [0.15, 0.2) is 77.3 Å². The number of carbonyl (C=O) groups is 1. The number of aromatic nitrogens is 3. The first-order valence-electron chi connectivity index (χ1n) is 9.96. The van der Waals surface area contributed by atoms with Crippen molar-refractivity contribution in [2.24, 2.45) is 0 Å². The summed E-state index contributed by atoms with van der Waals surface area (Å²) in [4.78, 5) is 14.3. The van der Waals surface area contributed by atoms with Crippen LogP contribution in [-0.4, -0.2) is 20.7 Å². The molecule has 0 bridgehead atoms. The average molecular weight is 451 g/mol. The minimum Gasteiger partial charge on any atom is -0.325 e. The number of rotatable bonds is 7. The highest BCUT2D eigenvalue weighted by Gasteiger charge is 2.33. The molecule has 1 atom stereocenters. The molecule has 0 aliphatic heterocycles. The van der Waals surface area contributed by atoms with Gasteiger partial charge in [0.15, 0.2) is 11.0 Å². The van der Waals surface area contributed by atoms with E-state index >= 15 is 0 Å². The number of halogens is 1. The Bertz CT molecular complexity index is 1170. The van der Waals surface area contributed by atoms with E-state index in [1.807, 2.05) is 47.8 Å². The molecule has 1 unspecified atom stereocenters. The van der Waals surface area contributed by atoms with E-state index in [2.05, 4.69) is 20.1 Å². The molecule has 5 rings (SSSR count). The lowest BCUT2D eigenvalue weighted by atomic mass is 10.1. The molecule has 2 aromatic heterocycles. The number of hydrogen-bond acceptors (Lipinski definition) is 5. The van der Waals surface area contributed by atoms with Gasteiger partial charge in [0.05, 0.1) is 4.88 Å². The Morgan fingerprint density at radius 1 is 1.06 bits per heavy atom. The quantitative estimate of drug-likeness (QED) is 0.353. The fourth-order valence-electron chi connectivity index (χ4n) is 3.34. The highest BCUT2D eigenvalue weighted by Crippen LogP contribution is 2.44. The van der Waals surface area contributed by atoms with Crippen LogP contribution in [-0.2, 0) is 4.79 Å². The minimum atomic E-state index is -0.524. The fourth-order valence-corrected chi connectivity index (χ4v) is 5.15. The molecule has 0 spiro atoms. The summed E-state index contributed by atoms with van der Waals surface area (Å²) in [6, 6.07) is 19.8. The van der Waals surface area contributed by atoms with Gasteiger partial charge in [-0.2, -0.15) is 0 Å². The summed E-state index contributed by atoms with van der Waals surface area (Å²) in [6.45, 7) is 0. The largest absolute Gasteiger partial charge is 0.325 e. The van der Waals surface area contributed by atoms with Crippen LogP contribution in [0.5, 0.6) is 0 Å². The summed E-state index contributed by atoms with van der Waals surface area (Å²) in [7, 11) is 0. The summed E-state index contributed by atoms with van der Waals surface area (Å²) in [5, 5.41) is 14.0. The summed E-state index contributed by atoms with van der Waals surface area (Å²) in [5.41, 5.74) is 1.42. The summed E-state index contributed by atoms with van der Waals surface area (Å²) in [5.74, 6) is 0.321. The lowest BCUT2D eigenvalue weighted by Gasteiger charge is -2.17. The van der Waals surface area contributed by atoms with Crippen molar-refractivity contribution in [1.29, 1.82) is 0 Å². The smallest absolute Gasteiger partial charge is 0.242 e. The number of anilines is 1. The first-order chi connectivity index (χ1) is 15.2. The van der Waals surface area contributed by atoms with E-state index in [4.69, 9.17) is 0 Å². The van der Waals surface area contributed by atoms with Crippen molar-refractivity contribution in [3.8, 4) is 10.7 Å². The molecule has 1 saturated carbocycles. The molecule has 0 saturated heterocycles. The highest BCUT2D eigenvalue weighted by molar-refractivity contribution is 8.00. The topological polar surface area (TPSA) is 59.8 Å². The van der Waals surface area contributed by atoms with Gasteiger partial charge in [0, 0.05) is 11.7 Å². The molecule has 2 heterocycles. The van der Waals surface area contributed by atoms with Crippen molar-refractivity contribution in [3.05, 3.63) is 83.5 Å². The third-order valence-corrected chi connectivity index (χ3v) is 7.07. The normalized spacial score (nSPS) is 14.4. The Morgan fingerprint density at radius 2 is 1.84 bits per heavy atom. The number of thioether (sulfide) groups is 1. The first kappa shape index (κ1) is 20.0. The lowest BCUT2D eigenvalue weighted by molar-refractivity contribution is -0.115. The van der Waals surface area contributed by atoms with E-state index < -0.39 is 5.25 Å². The molecule has 8 heteroatoms. The van der Waals surface area contributed by atoms with Gasteiger partial charge < -0.3 is 5.32 Å². The maximum atomic E-state index is 13.3. The van der Waals surface area contributed by atoms with Crippen molar-refractivity contribution in [1.82, 2.24) is 14.8 Å². The van der Waals surface area contributed by atoms with Crippen molar-refractivity contribution in [2.75, 3.05) is 5.32 Å². The van der Waals surface area contributed by atoms with Crippen LogP contribution in [0.3, 0.4) is 0 Å². The van der Waals surface area contributed by atoms with Gasteiger partial charge in [0.2, 0.25) is 5.91 Å². The predicted octanol–water partition coefficient (Wildman–Crippen LogP) is 5.95. The van der Waals surface area contributed by atoms with Gasteiger partial charge in [-0.25, -0.2) is 4.39 Å². The van der Waals surface area contributed by atoms with Gasteiger partial charge in [-0.15, -0.1) is 21.5 Å². The molecule has 1 fully saturated rings. The van der Waals surface area contributed by atoms with E-state index in [0.717, 1.165) is 34.3 Å². The van der Waals surface area contributed by atoms with Gasteiger partial charge in [0.1, 0.15) is 11.1 Å². The average Bonchev–Trinajstić information content (AvgIpc) is 3.31. The number of benzene rings is 2. The summed E-state index contributed by atoms with van der Waals surface area (Å²) >= 11 is 3.02. The van der Waals surface area contributed by atoms with Gasteiger partial charge in [-0.1, -0.05) is 48.2 Å². The number of nitrogens with zero attached hydrogens (tertiary/aromatic N) is 3. The molecule has 0 radical (unpaired) electrons. The lowest BCUT2D eigenvalue weighted by Crippen LogP contribution is -2.19. The van der Waals surface area contributed by atoms with Crippen LogP contribution < -0.4 is 5.32 Å². The summed E-state index contributed by atoms with van der Waals surface area (Å²) in [6.07, 6.45) is 2.17. The zero-order valence-electron chi connectivity index (χ0n) is 16.4. The second-order valence-corrected chi connectivity index (χ2v) is 9.31. The van der Waals surface area contributed by atoms with Crippen LogP contribution >= 0.6 is 23.1 Å². The van der Waals surface area contributed by atoms with E-state index in [0.29, 0.717) is 11.7 Å². The first-order valence-corrected chi connectivity index (χ1v) is 11.7. The van der Waals surface area contributed by atoms with E-state index in [-0.39, 0.29) is 11.7 Å². The molecule has 4 aromatic rings. The Kier molecular flexibility index (Phi) is 5.57. The van der Waals surface area contributed by atoms with Crippen molar-refractivity contribution < 1.29 is 9.18 Å². The number of nitrogens with one attached hydrogen (secondary N) is 1. The van der Waals surface area contributed by atoms with Crippen LogP contribution in [0.4, 0.5) is 10.1 Å². The number of carbonyl (C=O) groups excluding carboxylic acids is 1. The van der Waals surface area contributed by atoms with Crippen LogP contribution in [0, 0.1) is 5.82 Å². The standard InChI is InChI=1S/C23H19FN4OS2/c24-16-8-10-17(11-9-16)25-22(29)20(15-5-2-1-3-6-15)31-23-27-26-21(19-7-4-14-30-19)28(23)18-12-13-18/h1-11,14,18,20H,12-13H2,(H,25,29). The molecule has 31 heavy (non-hydrogen) atoms. The third-order valence-electron chi connectivity index (χ3n) is 4.99. The molecular formula is C23H19FN4OS2. The Hall–Kier alpha value is -2.97. The highest BCUT2D eigenvalue weighted by atomic mass is 32.2. The SMILES string of the molecule is O=C(Nc1ccc(F)cc1)C(Sc1nnc(-c2cccs2)n1C1CC1)c1ccccc1. The Balaban J connectivity index is 1.47. The second kappa shape index (κ2) is 8.64. The maximum absolute atomic E-state index is 13.3. The minimum absolute atomic E-state index is 0.189. The molecular weight excluding hydrogens is 431 g/mol. The van der Waals surface area contributed by atoms with Crippen LogP contribution in [0.2, 0.25) is 0 Å². The zero-order valence-corrected chi connectivity index (χ0v) is 18.1. The molecule has 1 amide bonds. The molecule has 156 valence electrons. The Morgan fingerprint density at radius 3 is 2.52 bits per heavy atom. The molecule has 1 aliphatic carbocycles. The van der Waals surface area contributed by atoms with Crippen molar-refractivity contribution in [2.45, 2.75) is 29.3 Å². The van der Waals surface area contributed by atoms with Gasteiger partial charge in [-0.3, -0.25) is 9.36 Å². The van der Waals surface area contributed by atoms with Crippen molar-refractivity contribution in [3.63, 3.8) is 0 Å². The number of thiophene rings is 1. The van der Waals surface area contributed by atoms with Crippen molar-refractivity contribution >= 4 is 34.7 Å². The van der Waals surface area contributed by atoms with Crippen LogP contribution in [0.25, 0.3) is 10.7 Å². The Labute approximate surface area is 187 Å². The van der Waals surface area contributed by atoms with Gasteiger partial charge in [0.25, 0.3) is 0 Å². The van der Waals surface area contributed by atoms with E-state index in [1.54, 1.807) is 23.5 Å². The second-order valence-electron chi connectivity index (χ2n) is 7.29. The fraction of sp³-hybridized carbons (Fsp3) is 0.174. The molecule has 1 aliphatic rings. The third kappa shape index (κ3) is 4.40. The maximum Gasteiger partial charge on any atom is 0.242 e. The molecule has 2 aromatic carbocycles. The number of hydrogen-bond donors (Lipinski definition) is 1. The summed E-state index contributed by atoms with van der Waals surface area (Å²) < 4.78 is 15.4. The van der Waals surface area contributed by atoms with Gasteiger partial charge >= 0.3 is 0 Å². The van der Waals surface area contributed by atoms with E-state index in [1.165, 1.54) is 23.9 Å². The predicted molar refractivity (Wildman–Crippen MR) is 122 cm³/mol. The zero-order chi connectivity index (χ0) is 21.2. The monoisotopic (exact) mass is 450 g/mol. The molecule has 1 N–H and O–H groups in total. The number of amides is 1. The van der Waals surface area contributed by atoms with Gasteiger partial charge in [-0.05, 0) is 54.1 Å².